The molecule has 0 aliphatic carbocycles. The van der Waals surface area contributed by atoms with Gasteiger partial charge in [0, 0.05) is 28.9 Å². The number of nitro benzene ring substituents is 1. The van der Waals surface area contributed by atoms with Crippen molar-refractivity contribution in [1.82, 2.24) is 9.97 Å². The van der Waals surface area contributed by atoms with Gasteiger partial charge >= 0.3 is 0 Å². The SMILES string of the molecule is Cc1ccc(-c2nc3ccccc3[nH]2)cc1NC(=O)c1ccc(-c2cccc([N+](=O)[O-])c2)o1. The van der Waals surface area contributed by atoms with E-state index >= 15 is 0 Å². The van der Waals surface area contributed by atoms with E-state index in [1.54, 1.807) is 24.3 Å². The zero-order valence-electron chi connectivity index (χ0n) is 17.5. The summed E-state index contributed by atoms with van der Waals surface area (Å²) in [5.41, 5.74) is 4.62. The summed E-state index contributed by atoms with van der Waals surface area (Å²) in [5.74, 6) is 0.760. The molecule has 3 aromatic carbocycles. The number of furan rings is 1. The number of benzene rings is 3. The quantitative estimate of drug-likeness (QED) is 0.260. The number of aromatic nitrogens is 2. The Kier molecular flexibility index (Phi) is 4.95. The van der Waals surface area contributed by atoms with E-state index in [1.807, 2.05) is 49.4 Å². The highest BCUT2D eigenvalue weighted by molar-refractivity contribution is 6.03. The Morgan fingerprint density at radius 3 is 2.67 bits per heavy atom. The molecular weight excluding hydrogens is 420 g/mol. The maximum atomic E-state index is 12.8. The second-order valence-corrected chi connectivity index (χ2v) is 7.56. The van der Waals surface area contributed by atoms with Crippen LogP contribution in [0, 0.1) is 17.0 Å². The average Bonchev–Trinajstić information content (AvgIpc) is 3.48. The highest BCUT2D eigenvalue weighted by Gasteiger charge is 2.16. The molecule has 0 bridgehead atoms. The van der Waals surface area contributed by atoms with E-state index in [1.165, 1.54) is 12.1 Å². The molecule has 0 aliphatic heterocycles. The highest BCUT2D eigenvalue weighted by Crippen LogP contribution is 2.28. The van der Waals surface area contributed by atoms with Crippen LogP contribution in [0.5, 0.6) is 0 Å². The van der Waals surface area contributed by atoms with Crippen molar-refractivity contribution in [3.8, 4) is 22.7 Å². The van der Waals surface area contributed by atoms with E-state index in [0.29, 0.717) is 22.8 Å². The van der Waals surface area contributed by atoms with E-state index < -0.39 is 10.8 Å². The van der Waals surface area contributed by atoms with Crippen LogP contribution in [0.3, 0.4) is 0 Å². The minimum absolute atomic E-state index is 0.0482. The van der Waals surface area contributed by atoms with Crippen LogP contribution in [0.25, 0.3) is 33.7 Å². The first-order valence-corrected chi connectivity index (χ1v) is 10.2. The topological polar surface area (TPSA) is 114 Å². The Labute approximate surface area is 188 Å². The van der Waals surface area contributed by atoms with Gasteiger partial charge in [-0.2, -0.15) is 0 Å². The summed E-state index contributed by atoms with van der Waals surface area (Å²) >= 11 is 0. The summed E-state index contributed by atoms with van der Waals surface area (Å²) in [7, 11) is 0. The van der Waals surface area contributed by atoms with Crippen molar-refractivity contribution in [2.75, 3.05) is 5.32 Å². The predicted octanol–water partition coefficient (Wildman–Crippen LogP) is 5.96. The second-order valence-electron chi connectivity index (χ2n) is 7.56. The molecule has 2 N–H and O–H groups in total. The van der Waals surface area contributed by atoms with Gasteiger partial charge in [0.25, 0.3) is 11.6 Å². The smallest absolute Gasteiger partial charge is 0.291 e. The Morgan fingerprint density at radius 1 is 1.00 bits per heavy atom. The van der Waals surface area contributed by atoms with Gasteiger partial charge in [-0.25, -0.2) is 4.98 Å². The van der Waals surface area contributed by atoms with Gasteiger partial charge in [-0.1, -0.05) is 36.4 Å². The van der Waals surface area contributed by atoms with Crippen LogP contribution in [0.2, 0.25) is 0 Å². The molecule has 5 rings (SSSR count). The molecule has 0 spiro atoms. The van der Waals surface area contributed by atoms with Crippen LogP contribution in [-0.2, 0) is 0 Å². The Hall–Kier alpha value is -4.72. The van der Waals surface area contributed by atoms with E-state index in [9.17, 15) is 14.9 Å². The minimum atomic E-state index is -0.474. The number of carbonyl (C=O) groups excluding carboxylic acids is 1. The number of para-hydroxylation sites is 2. The Morgan fingerprint density at radius 2 is 1.85 bits per heavy atom. The van der Waals surface area contributed by atoms with Crippen LogP contribution in [0.1, 0.15) is 16.1 Å². The summed E-state index contributed by atoms with van der Waals surface area (Å²) in [5, 5.41) is 13.9. The van der Waals surface area contributed by atoms with Gasteiger partial charge in [0.2, 0.25) is 0 Å². The van der Waals surface area contributed by atoms with Gasteiger partial charge in [0.15, 0.2) is 5.76 Å². The predicted molar refractivity (Wildman–Crippen MR) is 125 cm³/mol. The Balaban J connectivity index is 1.40. The van der Waals surface area contributed by atoms with Crippen molar-refractivity contribution >= 4 is 28.3 Å². The maximum Gasteiger partial charge on any atom is 0.291 e. The number of aromatic amines is 1. The van der Waals surface area contributed by atoms with Gasteiger partial charge < -0.3 is 14.7 Å². The van der Waals surface area contributed by atoms with E-state index in [4.69, 9.17) is 4.42 Å². The van der Waals surface area contributed by atoms with Crippen LogP contribution in [-0.4, -0.2) is 20.8 Å². The van der Waals surface area contributed by atoms with Crippen molar-refractivity contribution < 1.29 is 14.1 Å². The number of H-pyrrole nitrogens is 1. The largest absolute Gasteiger partial charge is 0.451 e. The number of aryl methyl sites for hydroxylation is 1. The molecule has 0 radical (unpaired) electrons. The maximum absolute atomic E-state index is 12.8. The fourth-order valence-electron chi connectivity index (χ4n) is 3.57. The van der Waals surface area contributed by atoms with Crippen LogP contribution < -0.4 is 5.32 Å². The first-order valence-electron chi connectivity index (χ1n) is 10.2. The van der Waals surface area contributed by atoms with Crippen molar-refractivity contribution in [3.63, 3.8) is 0 Å². The zero-order valence-corrected chi connectivity index (χ0v) is 17.5. The fraction of sp³-hybridized carbons (Fsp3) is 0.0400. The first kappa shape index (κ1) is 20.2. The van der Waals surface area contributed by atoms with Gasteiger partial charge in [-0.3, -0.25) is 14.9 Å². The lowest BCUT2D eigenvalue weighted by Crippen LogP contribution is -2.12. The molecule has 0 saturated carbocycles. The number of imidazole rings is 1. The summed E-state index contributed by atoms with van der Waals surface area (Å²) in [6, 6.07) is 22.7. The standard InChI is InChI=1S/C25H18N4O4/c1-15-9-10-17(24-26-19-7-2-3-8-20(19)27-24)14-21(15)28-25(30)23-12-11-22(33-23)16-5-4-6-18(13-16)29(31)32/h2-14H,1H3,(H,26,27)(H,28,30). The molecule has 2 aromatic heterocycles. The van der Waals surface area contributed by atoms with Crippen molar-refractivity contribution in [1.29, 1.82) is 0 Å². The lowest BCUT2D eigenvalue weighted by Gasteiger charge is -2.09. The number of carbonyl (C=O) groups is 1. The zero-order chi connectivity index (χ0) is 22.9. The molecule has 0 saturated heterocycles. The van der Waals surface area contributed by atoms with E-state index in [2.05, 4.69) is 15.3 Å². The van der Waals surface area contributed by atoms with Crippen LogP contribution in [0.15, 0.2) is 83.3 Å². The first-order chi connectivity index (χ1) is 16.0. The van der Waals surface area contributed by atoms with Gasteiger partial charge in [-0.05, 0) is 42.8 Å². The molecule has 0 unspecified atom stereocenters. The average molecular weight is 438 g/mol. The molecule has 5 aromatic rings. The summed E-state index contributed by atoms with van der Waals surface area (Å²) in [6.45, 7) is 1.90. The lowest BCUT2D eigenvalue weighted by molar-refractivity contribution is -0.384. The summed E-state index contributed by atoms with van der Waals surface area (Å²) < 4.78 is 5.68. The van der Waals surface area contributed by atoms with Crippen LogP contribution in [0.4, 0.5) is 11.4 Å². The molecule has 1 amide bonds. The molecule has 0 fully saturated rings. The van der Waals surface area contributed by atoms with Crippen LogP contribution >= 0.6 is 0 Å². The van der Waals surface area contributed by atoms with E-state index in [0.717, 1.165) is 22.2 Å². The molecule has 0 atom stereocenters. The molecular formula is C25H18N4O4. The van der Waals surface area contributed by atoms with Gasteiger partial charge in [0.1, 0.15) is 11.6 Å². The number of nitrogens with one attached hydrogen (secondary N) is 2. The molecule has 2 heterocycles. The second kappa shape index (κ2) is 8.08. The monoisotopic (exact) mass is 438 g/mol. The lowest BCUT2D eigenvalue weighted by atomic mass is 10.1. The highest BCUT2D eigenvalue weighted by atomic mass is 16.6. The van der Waals surface area contributed by atoms with Crippen molar-refractivity contribution in [2.24, 2.45) is 0 Å². The number of rotatable bonds is 5. The Bertz CT molecular complexity index is 1480. The number of nitro groups is 1. The van der Waals surface area contributed by atoms with Crippen molar-refractivity contribution in [2.45, 2.75) is 6.92 Å². The van der Waals surface area contributed by atoms with E-state index in [-0.39, 0.29) is 11.4 Å². The number of anilines is 1. The third kappa shape index (κ3) is 3.97. The normalized spacial score (nSPS) is 10.9. The number of nitrogens with zero attached hydrogens (tertiary/aromatic N) is 2. The molecule has 33 heavy (non-hydrogen) atoms. The number of non-ortho nitro benzene ring substituents is 1. The molecule has 8 heteroatoms. The minimum Gasteiger partial charge on any atom is -0.451 e. The van der Waals surface area contributed by atoms with Gasteiger partial charge in [0.05, 0.1) is 16.0 Å². The summed E-state index contributed by atoms with van der Waals surface area (Å²) in [6.07, 6.45) is 0. The fourth-order valence-corrected chi connectivity index (χ4v) is 3.57. The third-order valence-corrected chi connectivity index (χ3v) is 5.32. The van der Waals surface area contributed by atoms with Crippen molar-refractivity contribution in [3.05, 3.63) is 100 Å². The number of hydrogen-bond donors (Lipinski definition) is 2. The molecule has 0 aliphatic rings. The molecule has 8 nitrogen and oxygen atoms in total. The molecule has 162 valence electrons. The van der Waals surface area contributed by atoms with Gasteiger partial charge in [-0.15, -0.1) is 0 Å². The number of amides is 1. The third-order valence-electron chi connectivity index (χ3n) is 5.32. The summed E-state index contributed by atoms with van der Waals surface area (Å²) in [4.78, 5) is 31.3. The number of fused-ring (bicyclic) bond motifs is 1. The number of hydrogen-bond acceptors (Lipinski definition) is 5.